The van der Waals surface area contributed by atoms with Crippen molar-refractivity contribution in [1.29, 1.82) is 0 Å². The Balaban J connectivity index is 1.46. The molecule has 0 unspecified atom stereocenters. The SMILES string of the molecule is COc1cc(-c2cc(F)c3c(c2NC(=O)NS(=O)(=O)c2ccn(C4CC4)n2)CCC3)ccn1. The number of anilines is 1. The zero-order chi connectivity index (χ0) is 23.2. The second kappa shape index (κ2) is 8.14. The largest absolute Gasteiger partial charge is 0.481 e. The molecule has 2 aliphatic rings. The van der Waals surface area contributed by atoms with Crippen LogP contribution >= 0.6 is 0 Å². The molecular weight excluding hydrogens is 449 g/mol. The van der Waals surface area contributed by atoms with Crippen molar-refractivity contribution in [1.82, 2.24) is 19.5 Å². The number of sulfonamides is 1. The van der Waals surface area contributed by atoms with Crippen molar-refractivity contribution in [2.24, 2.45) is 0 Å². The highest BCUT2D eigenvalue weighted by molar-refractivity contribution is 7.90. The van der Waals surface area contributed by atoms with Gasteiger partial charge in [-0.05, 0) is 67.0 Å². The molecule has 2 aromatic heterocycles. The summed E-state index contributed by atoms with van der Waals surface area (Å²) in [5.74, 6) is -0.0323. The molecule has 33 heavy (non-hydrogen) atoms. The number of nitrogens with one attached hydrogen (secondary N) is 2. The van der Waals surface area contributed by atoms with Crippen LogP contribution in [0.4, 0.5) is 14.9 Å². The molecule has 2 amide bonds. The van der Waals surface area contributed by atoms with Crippen LogP contribution in [0, 0.1) is 5.82 Å². The summed E-state index contributed by atoms with van der Waals surface area (Å²) < 4.78 is 49.0. The van der Waals surface area contributed by atoms with Crippen molar-refractivity contribution < 1.29 is 22.3 Å². The van der Waals surface area contributed by atoms with Gasteiger partial charge in [0, 0.05) is 24.0 Å². The van der Waals surface area contributed by atoms with E-state index in [4.69, 9.17) is 4.74 Å². The quantitative estimate of drug-likeness (QED) is 0.569. The first-order valence-corrected chi connectivity index (χ1v) is 12.1. The lowest BCUT2D eigenvalue weighted by molar-refractivity contribution is 0.256. The second-order valence-corrected chi connectivity index (χ2v) is 9.73. The van der Waals surface area contributed by atoms with Gasteiger partial charge in [0.1, 0.15) is 5.82 Å². The normalized spacial score (nSPS) is 15.2. The Bertz CT molecular complexity index is 1350. The summed E-state index contributed by atoms with van der Waals surface area (Å²) in [7, 11) is -2.70. The lowest BCUT2D eigenvalue weighted by atomic mass is 9.97. The van der Waals surface area contributed by atoms with Crippen LogP contribution in [-0.2, 0) is 22.9 Å². The molecule has 1 saturated carbocycles. The van der Waals surface area contributed by atoms with Crippen LogP contribution < -0.4 is 14.8 Å². The fourth-order valence-electron chi connectivity index (χ4n) is 4.11. The summed E-state index contributed by atoms with van der Waals surface area (Å²) in [5, 5.41) is 6.49. The molecule has 0 saturated heterocycles. The number of methoxy groups -OCH3 is 1. The number of benzene rings is 1. The van der Waals surface area contributed by atoms with Crippen LogP contribution in [0.5, 0.6) is 5.88 Å². The third-order valence-corrected chi connectivity index (χ3v) is 7.07. The highest BCUT2D eigenvalue weighted by atomic mass is 32.2. The molecule has 172 valence electrons. The van der Waals surface area contributed by atoms with E-state index in [2.05, 4.69) is 15.4 Å². The molecule has 3 aromatic rings. The number of rotatable bonds is 6. The van der Waals surface area contributed by atoms with Gasteiger partial charge in [0.25, 0.3) is 10.0 Å². The molecule has 0 aliphatic heterocycles. The van der Waals surface area contributed by atoms with Gasteiger partial charge in [-0.1, -0.05) is 0 Å². The van der Waals surface area contributed by atoms with Crippen LogP contribution in [0.15, 0.2) is 41.7 Å². The summed E-state index contributed by atoms with van der Waals surface area (Å²) in [4.78, 5) is 16.8. The van der Waals surface area contributed by atoms with Gasteiger partial charge in [-0.3, -0.25) is 4.68 Å². The van der Waals surface area contributed by atoms with E-state index in [9.17, 15) is 17.6 Å². The van der Waals surface area contributed by atoms with Crippen LogP contribution in [0.25, 0.3) is 11.1 Å². The zero-order valence-corrected chi connectivity index (χ0v) is 18.7. The smallest absolute Gasteiger partial charge is 0.333 e. The predicted molar refractivity (Wildman–Crippen MR) is 118 cm³/mol. The van der Waals surface area contributed by atoms with Gasteiger partial charge in [-0.15, -0.1) is 0 Å². The molecule has 0 atom stereocenters. The fourth-order valence-corrected chi connectivity index (χ4v) is 4.95. The van der Waals surface area contributed by atoms with Crippen molar-refractivity contribution >= 4 is 21.7 Å². The highest BCUT2D eigenvalue weighted by Crippen LogP contribution is 2.40. The molecule has 2 N–H and O–H groups in total. The lowest BCUT2D eigenvalue weighted by Gasteiger charge is -2.17. The van der Waals surface area contributed by atoms with Gasteiger partial charge in [0.05, 0.1) is 18.8 Å². The molecule has 0 spiro atoms. The molecule has 2 aliphatic carbocycles. The van der Waals surface area contributed by atoms with Gasteiger partial charge in [-0.2, -0.15) is 13.5 Å². The summed E-state index contributed by atoms with van der Waals surface area (Å²) in [6, 6.07) is 5.27. The Labute approximate surface area is 190 Å². The molecule has 0 bridgehead atoms. The minimum Gasteiger partial charge on any atom is -0.481 e. The molecule has 11 heteroatoms. The number of amides is 2. The van der Waals surface area contributed by atoms with Crippen molar-refractivity contribution in [2.75, 3.05) is 12.4 Å². The average Bonchev–Trinajstić information content (AvgIpc) is 3.30. The lowest BCUT2D eigenvalue weighted by Crippen LogP contribution is -2.35. The predicted octanol–water partition coefficient (Wildman–Crippen LogP) is 3.43. The first-order valence-electron chi connectivity index (χ1n) is 10.6. The van der Waals surface area contributed by atoms with Gasteiger partial charge >= 0.3 is 6.03 Å². The fraction of sp³-hybridized carbons (Fsp3) is 0.318. The summed E-state index contributed by atoms with van der Waals surface area (Å²) in [6.07, 6.45) is 6.86. The van der Waals surface area contributed by atoms with E-state index in [1.807, 2.05) is 4.72 Å². The van der Waals surface area contributed by atoms with Crippen molar-refractivity contribution in [3.63, 3.8) is 0 Å². The zero-order valence-electron chi connectivity index (χ0n) is 17.8. The number of ether oxygens (including phenoxy) is 1. The summed E-state index contributed by atoms with van der Waals surface area (Å²) >= 11 is 0. The van der Waals surface area contributed by atoms with E-state index in [0.717, 1.165) is 19.3 Å². The Morgan fingerprint density at radius 2 is 2.00 bits per heavy atom. The van der Waals surface area contributed by atoms with Gasteiger partial charge in [0.15, 0.2) is 5.03 Å². The minimum atomic E-state index is -4.17. The van der Waals surface area contributed by atoms with Crippen molar-refractivity contribution in [2.45, 2.75) is 43.2 Å². The third-order valence-electron chi connectivity index (χ3n) is 5.85. The number of pyridine rings is 1. The Kier molecular flexibility index (Phi) is 5.28. The maximum atomic E-state index is 14.8. The van der Waals surface area contributed by atoms with E-state index in [0.29, 0.717) is 46.7 Å². The molecule has 0 radical (unpaired) electrons. The Hall–Kier alpha value is -3.47. The monoisotopic (exact) mass is 471 g/mol. The highest BCUT2D eigenvalue weighted by Gasteiger charge is 2.29. The number of fused-ring (bicyclic) bond motifs is 1. The average molecular weight is 472 g/mol. The first-order chi connectivity index (χ1) is 15.9. The number of carbonyl (C=O) groups excluding carboxylic acids is 1. The molecule has 2 heterocycles. The molecule has 1 aromatic carbocycles. The Morgan fingerprint density at radius 1 is 1.21 bits per heavy atom. The van der Waals surface area contributed by atoms with Gasteiger partial charge in [0.2, 0.25) is 5.88 Å². The molecule has 5 rings (SSSR count). The van der Waals surface area contributed by atoms with Crippen molar-refractivity contribution in [3.8, 4) is 17.0 Å². The number of nitrogens with zero attached hydrogens (tertiary/aromatic N) is 3. The number of aromatic nitrogens is 3. The number of urea groups is 1. The van der Waals surface area contributed by atoms with E-state index < -0.39 is 16.1 Å². The summed E-state index contributed by atoms with van der Waals surface area (Å²) in [6.45, 7) is 0. The van der Waals surface area contributed by atoms with Crippen LogP contribution in [-0.4, -0.2) is 36.3 Å². The maximum Gasteiger partial charge on any atom is 0.333 e. The molecular formula is C22H22FN5O4S. The molecule has 9 nitrogen and oxygen atoms in total. The molecule has 1 fully saturated rings. The van der Waals surface area contributed by atoms with E-state index in [1.165, 1.54) is 25.4 Å². The van der Waals surface area contributed by atoms with E-state index in [-0.39, 0.29) is 16.9 Å². The van der Waals surface area contributed by atoms with Crippen LogP contribution in [0.2, 0.25) is 0 Å². The van der Waals surface area contributed by atoms with E-state index in [1.54, 1.807) is 23.0 Å². The number of halogens is 1. The van der Waals surface area contributed by atoms with Crippen molar-refractivity contribution in [3.05, 3.63) is 53.6 Å². The Morgan fingerprint density at radius 3 is 2.76 bits per heavy atom. The second-order valence-electron chi connectivity index (χ2n) is 8.10. The van der Waals surface area contributed by atoms with Crippen LogP contribution in [0.3, 0.4) is 0 Å². The van der Waals surface area contributed by atoms with Gasteiger partial charge in [-0.25, -0.2) is 18.9 Å². The third kappa shape index (κ3) is 4.15. The standard InChI is InChI=1S/C22H22FN5O4S/c1-32-19-11-13(7-9-24-19)17-12-18(23)15-3-2-4-16(15)21(17)25-22(29)27-33(30,31)20-8-10-28(26-20)14-5-6-14/h7-12,14H,2-6H2,1H3,(H2,25,27,29). The number of hydrogen-bond acceptors (Lipinski definition) is 6. The summed E-state index contributed by atoms with van der Waals surface area (Å²) in [5.41, 5.74) is 2.55. The number of carbonyl (C=O) groups is 1. The maximum absolute atomic E-state index is 14.8. The number of hydrogen-bond donors (Lipinski definition) is 2. The topological polar surface area (TPSA) is 115 Å². The van der Waals surface area contributed by atoms with E-state index >= 15 is 0 Å². The first kappa shape index (κ1) is 21.4. The van der Waals surface area contributed by atoms with Gasteiger partial charge < -0.3 is 10.1 Å². The minimum absolute atomic E-state index is 0.212. The van der Waals surface area contributed by atoms with Crippen LogP contribution in [0.1, 0.15) is 36.4 Å².